The van der Waals surface area contributed by atoms with E-state index in [9.17, 15) is 0 Å². The highest BCUT2D eigenvalue weighted by Crippen LogP contribution is 2.10. The zero-order valence-corrected chi connectivity index (χ0v) is 7.64. The molecule has 1 heterocycles. The third kappa shape index (κ3) is 2.54. The van der Waals surface area contributed by atoms with Crippen LogP contribution in [0.15, 0.2) is 0 Å². The molecule has 0 aliphatic carbocycles. The lowest BCUT2D eigenvalue weighted by molar-refractivity contribution is 0.0665. The predicted octanol–water partition coefficient (Wildman–Crippen LogP) is 0.0814. The van der Waals surface area contributed by atoms with Gasteiger partial charge in [-0.15, -0.1) is 0 Å². The molecule has 1 unspecified atom stereocenters. The van der Waals surface area contributed by atoms with Gasteiger partial charge in [0.2, 0.25) is 0 Å². The number of rotatable bonds is 2. The lowest BCUT2D eigenvalue weighted by Gasteiger charge is -2.21. The van der Waals surface area contributed by atoms with Gasteiger partial charge >= 0.3 is 0 Å². The van der Waals surface area contributed by atoms with E-state index >= 15 is 0 Å². The smallest absolute Gasteiger partial charge is 0.108 e. The van der Waals surface area contributed by atoms with Crippen LogP contribution in [-0.4, -0.2) is 28.6 Å². The molecule has 0 aromatic rings. The Balaban J connectivity index is 2.08. The summed E-state index contributed by atoms with van der Waals surface area (Å²) < 4.78 is 5.58. The molecule has 0 saturated carbocycles. The third-order valence-corrected chi connectivity index (χ3v) is 3.75. The fourth-order valence-electron chi connectivity index (χ4n) is 1.36. The minimum Gasteiger partial charge on any atom is -0.383 e. The first-order chi connectivity index (χ1) is 4.43. The number of ether oxygens (including phenoxy) is 1. The second-order valence-electron chi connectivity index (χ2n) is 2.78. The van der Waals surface area contributed by atoms with Gasteiger partial charge in [0.1, 0.15) is 6.87 Å². The van der Waals surface area contributed by atoms with E-state index in [2.05, 4.69) is 6.82 Å². The van der Waals surface area contributed by atoms with E-state index in [1.54, 1.807) is 0 Å². The molecule has 1 aliphatic rings. The molecule has 0 bridgehead atoms. The summed E-state index contributed by atoms with van der Waals surface area (Å²) in [6.45, 7) is 4.73. The fraction of sp³-hybridized carbons (Fsp3) is 1.00. The van der Waals surface area contributed by atoms with E-state index in [0.717, 1.165) is 12.3 Å². The van der Waals surface area contributed by atoms with Crippen LogP contribution in [0.3, 0.4) is 0 Å². The van der Waals surface area contributed by atoms with Crippen molar-refractivity contribution in [1.82, 2.24) is 0 Å². The van der Waals surface area contributed by atoms with Gasteiger partial charge in [0.15, 0.2) is 0 Å². The highest BCUT2D eigenvalue weighted by atomic mass is 28.2. The molecular weight excluding hydrogens is 127 g/mol. The first kappa shape index (κ1) is 7.35. The van der Waals surface area contributed by atoms with Gasteiger partial charge in [-0.3, -0.25) is 0 Å². The molecule has 1 aliphatic heterocycles. The van der Waals surface area contributed by atoms with Crippen molar-refractivity contribution in [1.29, 1.82) is 0 Å². The van der Waals surface area contributed by atoms with E-state index in [0.29, 0.717) is 0 Å². The quantitative estimate of drug-likeness (QED) is 0.496. The summed E-state index contributed by atoms with van der Waals surface area (Å²) in [6, 6.07) is 0. The highest BCUT2D eigenvalue weighted by molar-refractivity contribution is 7.00. The van der Waals surface area contributed by atoms with Crippen molar-refractivity contribution < 1.29 is 4.74 Å². The largest absolute Gasteiger partial charge is 0.383 e. The molecule has 0 amide bonds. The van der Waals surface area contributed by atoms with Gasteiger partial charge in [-0.25, -0.2) is 0 Å². The van der Waals surface area contributed by atoms with Crippen molar-refractivity contribution in [3.05, 3.63) is 0 Å². The Morgan fingerprint density at radius 1 is 1.56 bits per heavy atom. The van der Waals surface area contributed by atoms with Gasteiger partial charge in [-0.2, -0.15) is 0 Å². The van der Waals surface area contributed by atoms with Gasteiger partial charge in [0, 0.05) is 21.7 Å². The molecule has 3 heteroatoms. The van der Waals surface area contributed by atoms with Crippen LogP contribution < -0.4 is 0 Å². The molecule has 1 atom stereocenters. The van der Waals surface area contributed by atoms with Crippen molar-refractivity contribution >= 4 is 16.3 Å². The van der Waals surface area contributed by atoms with Crippen molar-refractivity contribution in [2.75, 3.05) is 6.61 Å². The van der Waals surface area contributed by atoms with E-state index in [1.807, 2.05) is 0 Å². The van der Waals surface area contributed by atoms with Crippen LogP contribution in [0.4, 0.5) is 0 Å². The Kier molecular flexibility index (Phi) is 3.37. The summed E-state index contributed by atoms with van der Waals surface area (Å²) in [4.78, 5) is 0. The van der Waals surface area contributed by atoms with Gasteiger partial charge < -0.3 is 4.74 Å². The zero-order chi connectivity index (χ0) is 6.53. The SMILES string of the molecule is CB[SiH2]C1CCCCO1. The zero-order valence-electron chi connectivity index (χ0n) is 6.23. The Bertz CT molecular complexity index is 70.7. The first-order valence-electron chi connectivity index (χ1n) is 4.05. The lowest BCUT2D eigenvalue weighted by Crippen LogP contribution is -2.28. The van der Waals surface area contributed by atoms with Gasteiger partial charge in [0.25, 0.3) is 0 Å². The van der Waals surface area contributed by atoms with Crippen molar-refractivity contribution in [2.45, 2.75) is 31.8 Å². The van der Waals surface area contributed by atoms with Crippen LogP contribution in [-0.2, 0) is 4.74 Å². The summed E-state index contributed by atoms with van der Waals surface area (Å²) in [6.07, 6.45) is 4.08. The average Bonchev–Trinajstić information content (AvgIpc) is 1.91. The van der Waals surface area contributed by atoms with Gasteiger partial charge in [0.05, 0.1) is 0 Å². The molecule has 1 nitrogen and oxygen atoms in total. The van der Waals surface area contributed by atoms with Crippen LogP contribution in [0, 0.1) is 0 Å². The summed E-state index contributed by atoms with van der Waals surface area (Å²) in [5.41, 5.74) is 0.740. The van der Waals surface area contributed by atoms with Crippen molar-refractivity contribution in [3.8, 4) is 0 Å². The van der Waals surface area contributed by atoms with E-state index in [-0.39, 0.29) is 9.39 Å². The van der Waals surface area contributed by atoms with Gasteiger partial charge in [-0.05, 0) is 19.3 Å². The van der Waals surface area contributed by atoms with E-state index in [1.165, 1.54) is 26.1 Å². The topological polar surface area (TPSA) is 9.23 Å². The van der Waals surface area contributed by atoms with Crippen LogP contribution in [0.5, 0.6) is 0 Å². The summed E-state index contributed by atoms with van der Waals surface area (Å²) in [5, 5.41) is 0. The standard InChI is InChI=1S/C6H15BOSi/c1-7-9-6-4-2-3-5-8-6/h6-7H,2-5,9H2,1H3. The molecule has 0 aromatic carbocycles. The molecule has 1 rings (SSSR count). The van der Waals surface area contributed by atoms with E-state index < -0.39 is 0 Å². The molecule has 1 fully saturated rings. The monoisotopic (exact) mass is 142 g/mol. The maximum atomic E-state index is 5.58. The van der Waals surface area contributed by atoms with Crippen LogP contribution in [0.2, 0.25) is 6.82 Å². The Morgan fingerprint density at radius 2 is 2.44 bits per heavy atom. The molecule has 0 N–H and O–H groups in total. The van der Waals surface area contributed by atoms with Gasteiger partial charge in [-0.1, -0.05) is 6.82 Å². The lowest BCUT2D eigenvalue weighted by atomic mass is 10.2. The minimum atomic E-state index is 0.154. The number of hydrogen-bond acceptors (Lipinski definition) is 1. The van der Waals surface area contributed by atoms with Crippen LogP contribution in [0.25, 0.3) is 0 Å². The Morgan fingerprint density at radius 3 is 3.00 bits per heavy atom. The third-order valence-electron chi connectivity index (χ3n) is 1.88. The molecule has 9 heavy (non-hydrogen) atoms. The van der Waals surface area contributed by atoms with Crippen molar-refractivity contribution in [3.63, 3.8) is 0 Å². The normalized spacial score (nSPS) is 29.2. The minimum absolute atomic E-state index is 0.154. The highest BCUT2D eigenvalue weighted by Gasteiger charge is 2.11. The molecular formula is C6H15BOSi. The molecule has 1 saturated heterocycles. The molecule has 52 valence electrons. The first-order valence-corrected chi connectivity index (χ1v) is 5.86. The maximum Gasteiger partial charge on any atom is 0.108 e. The predicted molar refractivity (Wildman–Crippen MR) is 45.1 cm³/mol. The van der Waals surface area contributed by atoms with E-state index in [4.69, 9.17) is 4.74 Å². The summed E-state index contributed by atoms with van der Waals surface area (Å²) >= 11 is 0. The molecule has 0 spiro atoms. The molecule has 0 aromatic heterocycles. The second-order valence-corrected chi connectivity index (χ2v) is 5.27. The number of hydrogen-bond donors (Lipinski definition) is 0. The summed E-state index contributed by atoms with van der Waals surface area (Å²) in [7, 11) is 0.154. The second kappa shape index (κ2) is 4.12. The van der Waals surface area contributed by atoms with Crippen LogP contribution >= 0.6 is 0 Å². The Hall–Kier alpha value is 0.242. The fourth-order valence-corrected chi connectivity index (χ4v) is 2.91. The Labute approximate surface area is 60.2 Å². The molecule has 0 radical (unpaired) electrons. The van der Waals surface area contributed by atoms with Crippen molar-refractivity contribution in [2.24, 2.45) is 0 Å². The van der Waals surface area contributed by atoms with Crippen LogP contribution in [0.1, 0.15) is 19.3 Å². The summed E-state index contributed by atoms with van der Waals surface area (Å²) in [5.74, 6) is 0. The maximum absolute atomic E-state index is 5.58. The average molecular weight is 142 g/mol.